The number of amides is 2. The van der Waals surface area contributed by atoms with Crippen molar-refractivity contribution < 1.29 is 18.4 Å². The number of aryl methyl sites for hydroxylation is 1. The standard InChI is InChI=1S/C27H27FN6O3/c1-18-8-14-22(15-9-18)34(25(23-7-4-16-37-23)27(36)29-21-5-2-3-6-21)24(35)17-33-31-26(30-32-33)19-10-12-20(28)13-11-19/h4,7-16,21,25H,2-3,5-6,17H2,1H3,(H,29,36). The van der Waals surface area contributed by atoms with Crippen LogP contribution in [0.15, 0.2) is 71.3 Å². The van der Waals surface area contributed by atoms with Crippen LogP contribution in [0, 0.1) is 12.7 Å². The van der Waals surface area contributed by atoms with Crippen LogP contribution in [-0.4, -0.2) is 38.1 Å². The summed E-state index contributed by atoms with van der Waals surface area (Å²) in [5, 5.41) is 15.4. The van der Waals surface area contributed by atoms with Gasteiger partial charge in [0.2, 0.25) is 5.82 Å². The van der Waals surface area contributed by atoms with Crippen molar-refractivity contribution in [3.05, 3.63) is 84.1 Å². The number of nitrogens with zero attached hydrogens (tertiary/aromatic N) is 5. The first-order valence-electron chi connectivity index (χ1n) is 12.2. The van der Waals surface area contributed by atoms with Crippen molar-refractivity contribution in [2.45, 2.75) is 51.2 Å². The lowest BCUT2D eigenvalue weighted by Gasteiger charge is -2.30. The SMILES string of the molecule is Cc1ccc(N(C(=O)Cn2nnc(-c3ccc(F)cc3)n2)C(C(=O)NC2CCCC2)c2ccco2)cc1. The van der Waals surface area contributed by atoms with Crippen molar-refractivity contribution in [3.63, 3.8) is 0 Å². The lowest BCUT2D eigenvalue weighted by molar-refractivity contribution is -0.128. The molecule has 1 fully saturated rings. The molecule has 10 heteroatoms. The highest BCUT2D eigenvalue weighted by atomic mass is 19.1. The number of tetrazole rings is 1. The molecule has 1 aliphatic carbocycles. The summed E-state index contributed by atoms with van der Waals surface area (Å²) in [7, 11) is 0. The molecule has 37 heavy (non-hydrogen) atoms. The average molecular weight is 503 g/mol. The van der Waals surface area contributed by atoms with E-state index in [4.69, 9.17) is 4.42 Å². The van der Waals surface area contributed by atoms with Gasteiger partial charge in [0.25, 0.3) is 11.8 Å². The number of furan rings is 1. The molecule has 5 rings (SSSR count). The molecule has 2 aromatic heterocycles. The molecular formula is C27H27FN6O3. The molecule has 0 saturated heterocycles. The first-order valence-corrected chi connectivity index (χ1v) is 12.2. The highest BCUT2D eigenvalue weighted by molar-refractivity contribution is 6.01. The number of nitrogens with one attached hydrogen (secondary N) is 1. The molecule has 0 radical (unpaired) electrons. The van der Waals surface area contributed by atoms with Gasteiger partial charge in [-0.15, -0.1) is 10.2 Å². The number of aromatic nitrogens is 4. The second-order valence-corrected chi connectivity index (χ2v) is 9.16. The quantitative estimate of drug-likeness (QED) is 0.387. The smallest absolute Gasteiger partial charge is 0.251 e. The zero-order chi connectivity index (χ0) is 25.8. The number of hydrogen-bond acceptors (Lipinski definition) is 6. The Bertz CT molecular complexity index is 1350. The second kappa shape index (κ2) is 10.7. The summed E-state index contributed by atoms with van der Waals surface area (Å²) in [6.07, 6.45) is 5.42. The van der Waals surface area contributed by atoms with Crippen molar-refractivity contribution in [1.29, 1.82) is 0 Å². The third-order valence-corrected chi connectivity index (χ3v) is 6.43. The fourth-order valence-electron chi connectivity index (χ4n) is 4.54. The molecule has 190 valence electrons. The molecule has 2 aromatic carbocycles. The number of benzene rings is 2. The monoisotopic (exact) mass is 502 g/mol. The van der Waals surface area contributed by atoms with E-state index >= 15 is 0 Å². The van der Waals surface area contributed by atoms with Crippen LogP contribution >= 0.6 is 0 Å². The molecule has 0 spiro atoms. The Morgan fingerprint density at radius 2 is 1.84 bits per heavy atom. The minimum absolute atomic E-state index is 0.0650. The van der Waals surface area contributed by atoms with E-state index in [0.717, 1.165) is 36.0 Å². The van der Waals surface area contributed by atoms with Crippen LogP contribution in [0.3, 0.4) is 0 Å². The van der Waals surface area contributed by atoms with Gasteiger partial charge in [0.1, 0.15) is 18.1 Å². The van der Waals surface area contributed by atoms with Gasteiger partial charge in [-0.2, -0.15) is 4.80 Å². The molecule has 1 unspecified atom stereocenters. The normalized spacial score (nSPS) is 14.4. The van der Waals surface area contributed by atoms with E-state index < -0.39 is 11.9 Å². The van der Waals surface area contributed by atoms with Crippen LogP contribution in [0.1, 0.15) is 43.0 Å². The van der Waals surface area contributed by atoms with Gasteiger partial charge in [-0.05, 0) is 73.5 Å². The van der Waals surface area contributed by atoms with Gasteiger partial charge in [-0.3, -0.25) is 14.5 Å². The maximum absolute atomic E-state index is 13.8. The van der Waals surface area contributed by atoms with Crippen molar-refractivity contribution in [1.82, 2.24) is 25.5 Å². The highest BCUT2D eigenvalue weighted by Crippen LogP contribution is 2.30. The first-order chi connectivity index (χ1) is 18.0. The molecule has 2 heterocycles. The largest absolute Gasteiger partial charge is 0.467 e. The maximum Gasteiger partial charge on any atom is 0.251 e. The molecule has 0 aliphatic heterocycles. The predicted octanol–water partition coefficient (Wildman–Crippen LogP) is 4.21. The Hall–Kier alpha value is -4.34. The summed E-state index contributed by atoms with van der Waals surface area (Å²) in [5.41, 5.74) is 2.13. The van der Waals surface area contributed by atoms with Crippen LogP contribution in [0.5, 0.6) is 0 Å². The van der Waals surface area contributed by atoms with E-state index in [9.17, 15) is 14.0 Å². The summed E-state index contributed by atoms with van der Waals surface area (Å²) in [5.74, 6) is -0.497. The van der Waals surface area contributed by atoms with Crippen molar-refractivity contribution >= 4 is 17.5 Å². The Kier molecular flexibility index (Phi) is 7.07. The Morgan fingerprint density at radius 3 is 2.51 bits per heavy atom. The van der Waals surface area contributed by atoms with E-state index in [1.54, 1.807) is 24.3 Å². The lowest BCUT2D eigenvalue weighted by atomic mass is 10.1. The zero-order valence-electron chi connectivity index (χ0n) is 20.4. The molecule has 1 aliphatic rings. The average Bonchev–Trinajstić information content (AvgIpc) is 3.67. The van der Waals surface area contributed by atoms with Crippen LogP contribution in [0.25, 0.3) is 11.4 Å². The minimum Gasteiger partial charge on any atom is -0.467 e. The van der Waals surface area contributed by atoms with Gasteiger partial charge in [0, 0.05) is 17.3 Å². The number of halogens is 1. The lowest BCUT2D eigenvalue weighted by Crippen LogP contribution is -2.47. The van der Waals surface area contributed by atoms with Gasteiger partial charge in [-0.1, -0.05) is 30.5 Å². The van der Waals surface area contributed by atoms with Gasteiger partial charge in [0.15, 0.2) is 6.04 Å². The van der Waals surface area contributed by atoms with E-state index in [0.29, 0.717) is 17.0 Å². The summed E-state index contributed by atoms with van der Waals surface area (Å²) in [4.78, 5) is 30.0. The Balaban J connectivity index is 1.46. The molecule has 4 aromatic rings. The van der Waals surface area contributed by atoms with Crippen molar-refractivity contribution in [2.75, 3.05) is 4.90 Å². The molecule has 1 N–H and O–H groups in total. The predicted molar refractivity (Wildman–Crippen MR) is 134 cm³/mol. The van der Waals surface area contributed by atoms with Gasteiger partial charge >= 0.3 is 0 Å². The number of anilines is 1. The van der Waals surface area contributed by atoms with E-state index in [-0.39, 0.29) is 30.1 Å². The maximum atomic E-state index is 13.8. The Labute approximate surface area is 213 Å². The topological polar surface area (TPSA) is 106 Å². The summed E-state index contributed by atoms with van der Waals surface area (Å²) in [6.45, 7) is 1.68. The van der Waals surface area contributed by atoms with Gasteiger partial charge in [0.05, 0.1) is 6.26 Å². The van der Waals surface area contributed by atoms with Crippen LogP contribution < -0.4 is 10.2 Å². The molecule has 0 bridgehead atoms. The van der Waals surface area contributed by atoms with E-state index in [2.05, 4.69) is 20.7 Å². The van der Waals surface area contributed by atoms with Crippen LogP contribution in [-0.2, 0) is 16.1 Å². The fourth-order valence-corrected chi connectivity index (χ4v) is 4.54. The number of rotatable bonds is 8. The minimum atomic E-state index is -1.02. The third-order valence-electron chi connectivity index (χ3n) is 6.43. The molecule has 1 atom stereocenters. The van der Waals surface area contributed by atoms with Crippen molar-refractivity contribution in [2.24, 2.45) is 0 Å². The van der Waals surface area contributed by atoms with Crippen LogP contribution in [0.2, 0.25) is 0 Å². The molecular weight excluding hydrogens is 475 g/mol. The second-order valence-electron chi connectivity index (χ2n) is 9.16. The first kappa shape index (κ1) is 24.4. The molecule has 9 nitrogen and oxygen atoms in total. The summed E-state index contributed by atoms with van der Waals surface area (Å²) >= 11 is 0. The van der Waals surface area contributed by atoms with E-state index in [1.807, 2.05) is 19.1 Å². The third kappa shape index (κ3) is 5.58. The number of carbonyl (C=O) groups excluding carboxylic acids is 2. The van der Waals surface area contributed by atoms with E-state index in [1.165, 1.54) is 35.4 Å². The number of hydrogen-bond donors (Lipinski definition) is 1. The highest BCUT2D eigenvalue weighted by Gasteiger charge is 2.36. The van der Waals surface area contributed by atoms with Crippen LogP contribution in [0.4, 0.5) is 10.1 Å². The van der Waals surface area contributed by atoms with Crippen molar-refractivity contribution in [3.8, 4) is 11.4 Å². The molecule has 2 amide bonds. The van der Waals surface area contributed by atoms with Gasteiger partial charge in [-0.25, -0.2) is 4.39 Å². The van der Waals surface area contributed by atoms with Gasteiger partial charge < -0.3 is 9.73 Å². The number of carbonyl (C=O) groups is 2. The molecule has 1 saturated carbocycles. The summed E-state index contributed by atoms with van der Waals surface area (Å²) < 4.78 is 18.9. The fraction of sp³-hybridized carbons (Fsp3) is 0.296. The summed E-state index contributed by atoms with van der Waals surface area (Å²) in [6, 6.07) is 15.5. The Morgan fingerprint density at radius 1 is 1.11 bits per heavy atom. The zero-order valence-corrected chi connectivity index (χ0v) is 20.4.